The minimum absolute atomic E-state index is 0.287. The molecule has 0 fully saturated rings. The Kier molecular flexibility index (Phi) is 5.42. The molecule has 0 aliphatic carbocycles. The van der Waals surface area contributed by atoms with Gasteiger partial charge >= 0.3 is 0 Å². The predicted molar refractivity (Wildman–Crippen MR) is 89.9 cm³/mol. The molecule has 1 heterocycles. The molecule has 1 aromatic carbocycles. The van der Waals surface area contributed by atoms with Crippen molar-refractivity contribution in [2.75, 3.05) is 31.5 Å². The van der Waals surface area contributed by atoms with Crippen molar-refractivity contribution < 1.29 is 8.42 Å². The van der Waals surface area contributed by atoms with Gasteiger partial charge in [0.1, 0.15) is 4.90 Å². The van der Waals surface area contributed by atoms with Gasteiger partial charge in [-0.25, -0.2) is 13.1 Å². The fourth-order valence-corrected chi connectivity index (χ4v) is 3.56. The lowest BCUT2D eigenvalue weighted by atomic mass is 10.1. The Morgan fingerprint density at radius 1 is 1.18 bits per heavy atom. The molecule has 1 aliphatic rings. The summed E-state index contributed by atoms with van der Waals surface area (Å²) < 4.78 is 27.1. The normalized spacial score (nSPS) is 17.9. The van der Waals surface area contributed by atoms with Gasteiger partial charge in [0.2, 0.25) is 5.96 Å². The second kappa shape index (κ2) is 7.11. The van der Waals surface area contributed by atoms with Gasteiger partial charge in [-0.15, -0.1) is 0 Å². The number of rotatable bonds is 6. The number of guanidine groups is 1. The van der Waals surface area contributed by atoms with Crippen LogP contribution in [-0.4, -0.2) is 45.5 Å². The standard InChI is InChI=1S/C15H24N4O2S/c1-4-12-7-8-13-14(11-12)22(20,21)18-15(17-13)16-9-10-19(5-2)6-3/h7-8,11H,4-6,9-10H2,1-3H3,(H2,16,17,18). The summed E-state index contributed by atoms with van der Waals surface area (Å²) in [4.78, 5) is 6.86. The molecule has 0 unspecified atom stereocenters. The molecule has 1 aliphatic heterocycles. The molecular formula is C15H24N4O2S. The number of sulfonamides is 1. The molecule has 7 heteroatoms. The van der Waals surface area contributed by atoms with Crippen molar-refractivity contribution in [3.8, 4) is 0 Å². The molecule has 0 aromatic heterocycles. The van der Waals surface area contributed by atoms with Crippen molar-refractivity contribution in [3.63, 3.8) is 0 Å². The smallest absolute Gasteiger partial charge is 0.266 e. The lowest BCUT2D eigenvalue weighted by molar-refractivity contribution is 0.313. The number of benzene rings is 1. The van der Waals surface area contributed by atoms with Crippen LogP contribution < -0.4 is 10.0 Å². The highest BCUT2D eigenvalue weighted by Crippen LogP contribution is 2.25. The lowest BCUT2D eigenvalue weighted by Gasteiger charge is -2.22. The topological polar surface area (TPSA) is 73.8 Å². The van der Waals surface area contributed by atoms with Gasteiger partial charge in [0.15, 0.2) is 0 Å². The zero-order valence-electron chi connectivity index (χ0n) is 13.4. The molecule has 0 radical (unpaired) electrons. The maximum Gasteiger partial charge on any atom is 0.266 e. The molecule has 0 saturated carbocycles. The number of likely N-dealkylation sites (N-methyl/N-ethyl adjacent to an activating group) is 1. The van der Waals surface area contributed by atoms with Crippen molar-refractivity contribution in [1.29, 1.82) is 0 Å². The van der Waals surface area contributed by atoms with Gasteiger partial charge in [-0.05, 0) is 37.2 Å². The van der Waals surface area contributed by atoms with Crippen LogP contribution in [0.25, 0.3) is 0 Å². The molecule has 6 nitrogen and oxygen atoms in total. The van der Waals surface area contributed by atoms with Gasteiger partial charge in [-0.1, -0.05) is 26.8 Å². The number of nitrogens with zero attached hydrogens (tertiary/aromatic N) is 2. The Balaban J connectivity index is 2.16. The predicted octanol–water partition coefficient (Wildman–Crippen LogP) is 1.65. The maximum atomic E-state index is 12.3. The van der Waals surface area contributed by atoms with Crippen molar-refractivity contribution in [1.82, 2.24) is 9.62 Å². The zero-order valence-corrected chi connectivity index (χ0v) is 14.2. The molecular weight excluding hydrogens is 300 g/mol. The third-order valence-corrected chi connectivity index (χ3v) is 5.19. The largest absolute Gasteiger partial charge is 0.324 e. The average Bonchev–Trinajstić information content (AvgIpc) is 2.51. The third kappa shape index (κ3) is 3.78. The van der Waals surface area contributed by atoms with Crippen molar-refractivity contribution in [3.05, 3.63) is 23.8 Å². The van der Waals surface area contributed by atoms with E-state index in [0.717, 1.165) is 31.6 Å². The first-order valence-corrected chi connectivity index (χ1v) is 9.18. The van der Waals surface area contributed by atoms with Crippen LogP contribution >= 0.6 is 0 Å². The van der Waals surface area contributed by atoms with Crippen LogP contribution in [-0.2, 0) is 16.4 Å². The van der Waals surface area contributed by atoms with Crippen LogP contribution in [0.15, 0.2) is 28.1 Å². The van der Waals surface area contributed by atoms with E-state index in [-0.39, 0.29) is 4.90 Å². The van der Waals surface area contributed by atoms with Gasteiger partial charge in [-0.3, -0.25) is 4.99 Å². The van der Waals surface area contributed by atoms with Gasteiger partial charge in [-0.2, -0.15) is 0 Å². The first kappa shape index (κ1) is 16.8. The number of aliphatic imine (C=N–C) groups is 1. The van der Waals surface area contributed by atoms with E-state index in [1.165, 1.54) is 0 Å². The summed E-state index contributed by atoms with van der Waals surface area (Å²) in [5, 5.41) is 3.05. The van der Waals surface area contributed by atoms with Gasteiger partial charge < -0.3 is 10.2 Å². The summed E-state index contributed by atoms with van der Waals surface area (Å²) in [6, 6.07) is 5.43. The molecule has 0 bridgehead atoms. The minimum Gasteiger partial charge on any atom is -0.324 e. The molecule has 0 saturated heterocycles. The molecule has 122 valence electrons. The minimum atomic E-state index is -3.54. The highest BCUT2D eigenvalue weighted by atomic mass is 32.2. The first-order chi connectivity index (χ1) is 10.5. The van der Waals surface area contributed by atoms with Crippen LogP contribution in [0.3, 0.4) is 0 Å². The highest BCUT2D eigenvalue weighted by molar-refractivity contribution is 7.90. The van der Waals surface area contributed by atoms with E-state index in [4.69, 9.17) is 0 Å². The number of anilines is 1. The van der Waals surface area contributed by atoms with Crippen molar-refractivity contribution in [2.24, 2.45) is 4.99 Å². The van der Waals surface area contributed by atoms with E-state index in [0.29, 0.717) is 18.2 Å². The number of aryl methyl sites for hydroxylation is 1. The Morgan fingerprint density at radius 3 is 2.55 bits per heavy atom. The fraction of sp³-hybridized carbons (Fsp3) is 0.533. The van der Waals surface area contributed by atoms with E-state index in [9.17, 15) is 8.42 Å². The molecule has 1 aromatic rings. The maximum absolute atomic E-state index is 12.3. The second-order valence-electron chi connectivity index (χ2n) is 5.17. The Bertz CT molecular complexity index is 652. The molecule has 0 atom stereocenters. The van der Waals surface area contributed by atoms with Gasteiger partial charge in [0.05, 0.1) is 12.2 Å². The Labute approximate surface area is 132 Å². The zero-order chi connectivity index (χ0) is 16.2. The van der Waals surface area contributed by atoms with E-state index in [1.807, 2.05) is 13.0 Å². The molecule has 2 rings (SSSR count). The Hall–Kier alpha value is -1.60. The Morgan fingerprint density at radius 2 is 1.91 bits per heavy atom. The van der Waals surface area contributed by atoms with Gasteiger partial charge in [0.25, 0.3) is 10.0 Å². The van der Waals surface area contributed by atoms with Crippen LogP contribution in [0.4, 0.5) is 5.69 Å². The number of hydrogen-bond acceptors (Lipinski definition) is 4. The molecule has 22 heavy (non-hydrogen) atoms. The number of fused-ring (bicyclic) bond motifs is 1. The number of nitrogens with one attached hydrogen (secondary N) is 2. The van der Waals surface area contributed by atoms with Crippen LogP contribution in [0.1, 0.15) is 26.3 Å². The SMILES string of the molecule is CCc1ccc2c(c1)S(=O)(=O)NC(=NCCN(CC)CC)N2. The molecule has 0 amide bonds. The first-order valence-electron chi connectivity index (χ1n) is 7.69. The quantitative estimate of drug-likeness (QED) is 0.834. The molecule has 0 spiro atoms. The summed E-state index contributed by atoms with van der Waals surface area (Å²) >= 11 is 0. The van der Waals surface area contributed by atoms with E-state index in [2.05, 4.69) is 33.8 Å². The van der Waals surface area contributed by atoms with Crippen LogP contribution in [0.2, 0.25) is 0 Å². The summed E-state index contributed by atoms with van der Waals surface area (Å²) in [6.07, 6.45) is 0.799. The van der Waals surface area contributed by atoms with E-state index < -0.39 is 10.0 Å². The third-order valence-electron chi connectivity index (χ3n) is 3.81. The second-order valence-corrected chi connectivity index (χ2v) is 6.82. The molecule has 2 N–H and O–H groups in total. The van der Waals surface area contributed by atoms with E-state index in [1.54, 1.807) is 12.1 Å². The van der Waals surface area contributed by atoms with E-state index >= 15 is 0 Å². The average molecular weight is 324 g/mol. The lowest BCUT2D eigenvalue weighted by Crippen LogP contribution is -2.41. The fourth-order valence-electron chi connectivity index (χ4n) is 2.36. The van der Waals surface area contributed by atoms with Gasteiger partial charge in [0, 0.05) is 6.54 Å². The van der Waals surface area contributed by atoms with Crippen LogP contribution in [0.5, 0.6) is 0 Å². The van der Waals surface area contributed by atoms with Crippen molar-refractivity contribution >= 4 is 21.7 Å². The summed E-state index contributed by atoms with van der Waals surface area (Å²) in [5.41, 5.74) is 1.57. The van der Waals surface area contributed by atoms with Crippen molar-refractivity contribution in [2.45, 2.75) is 32.1 Å². The van der Waals surface area contributed by atoms with Crippen LogP contribution in [0, 0.1) is 0 Å². The monoisotopic (exact) mass is 324 g/mol. The number of hydrogen-bond donors (Lipinski definition) is 2. The summed E-state index contributed by atoms with van der Waals surface area (Å²) in [7, 11) is -3.54. The summed E-state index contributed by atoms with van der Waals surface area (Å²) in [6.45, 7) is 9.47. The highest BCUT2D eigenvalue weighted by Gasteiger charge is 2.26. The summed E-state index contributed by atoms with van der Waals surface area (Å²) in [5.74, 6) is 0.295.